The van der Waals surface area contributed by atoms with Gasteiger partial charge >= 0.3 is 11.9 Å². The minimum absolute atomic E-state index is 0.231. The van der Waals surface area contributed by atoms with Crippen LogP contribution in [0.3, 0.4) is 0 Å². The molecular weight excluding hydrogens is 334 g/mol. The van der Waals surface area contributed by atoms with Gasteiger partial charge in [0, 0.05) is 37.5 Å². The summed E-state index contributed by atoms with van der Waals surface area (Å²) in [7, 11) is 0. The molecule has 2 aromatic rings. The Kier molecular flexibility index (Phi) is 4.02. The Bertz CT molecular complexity index is 806. The van der Waals surface area contributed by atoms with Crippen LogP contribution >= 0.6 is 11.6 Å². The molecule has 24 heavy (non-hydrogen) atoms. The van der Waals surface area contributed by atoms with Gasteiger partial charge in [-0.05, 0) is 18.2 Å². The van der Waals surface area contributed by atoms with E-state index < -0.39 is 17.7 Å². The molecule has 0 aliphatic carbocycles. The van der Waals surface area contributed by atoms with Crippen LogP contribution in [-0.2, 0) is 19.1 Å². The van der Waals surface area contributed by atoms with Crippen LogP contribution in [-0.4, -0.2) is 27.3 Å². The van der Waals surface area contributed by atoms with Crippen LogP contribution in [0, 0.1) is 0 Å². The first kappa shape index (κ1) is 16.1. The number of ether oxygens (including phenoxy) is 2. The molecule has 0 amide bonds. The molecule has 124 valence electrons. The lowest BCUT2D eigenvalue weighted by atomic mass is 10.2. The molecule has 0 radical (unpaired) electrons. The molecular formula is C16H14ClN3O4. The molecule has 0 spiro atoms. The summed E-state index contributed by atoms with van der Waals surface area (Å²) in [6.45, 7) is 2.97. The highest BCUT2D eigenvalue weighted by Gasteiger charge is 2.38. The molecule has 0 bridgehead atoms. The molecule has 3 rings (SSSR count). The van der Waals surface area contributed by atoms with Crippen molar-refractivity contribution in [3.8, 4) is 5.69 Å². The number of aromatic nitrogens is 2. The van der Waals surface area contributed by atoms with Gasteiger partial charge in [-0.3, -0.25) is 0 Å². The van der Waals surface area contributed by atoms with Crippen molar-refractivity contribution in [2.75, 3.05) is 5.32 Å². The van der Waals surface area contributed by atoms with Crippen molar-refractivity contribution in [1.82, 2.24) is 9.55 Å². The molecule has 1 fully saturated rings. The predicted molar refractivity (Wildman–Crippen MR) is 86.5 cm³/mol. The fraction of sp³-hybridized carbons (Fsp3) is 0.188. The second kappa shape index (κ2) is 6.01. The third kappa shape index (κ3) is 3.26. The highest BCUT2D eigenvalue weighted by Crippen LogP contribution is 2.26. The number of rotatable bonds is 3. The van der Waals surface area contributed by atoms with Crippen LogP contribution < -0.4 is 5.32 Å². The molecule has 0 atom stereocenters. The van der Waals surface area contributed by atoms with Gasteiger partial charge in [0.05, 0.1) is 17.7 Å². The number of hydrogen-bond donors (Lipinski definition) is 1. The average Bonchev–Trinajstić information content (AvgIpc) is 2.99. The maximum atomic E-state index is 11.9. The first-order chi connectivity index (χ1) is 11.4. The van der Waals surface area contributed by atoms with Crippen molar-refractivity contribution in [1.29, 1.82) is 0 Å². The van der Waals surface area contributed by atoms with E-state index in [-0.39, 0.29) is 5.57 Å². The number of carbonyl (C=O) groups excluding carboxylic acids is 2. The Hall–Kier alpha value is -2.80. The monoisotopic (exact) mass is 347 g/mol. The van der Waals surface area contributed by atoms with Gasteiger partial charge in [0.15, 0.2) is 5.57 Å². The first-order valence-corrected chi connectivity index (χ1v) is 7.45. The van der Waals surface area contributed by atoms with Crippen molar-refractivity contribution in [2.45, 2.75) is 19.6 Å². The SMILES string of the molecule is CC1(C)OC(=O)C(=CNc2cc(Cl)ccc2-n2ccnc2)C(=O)O1. The number of benzene rings is 1. The molecule has 1 aliphatic rings. The average molecular weight is 348 g/mol. The topological polar surface area (TPSA) is 82.5 Å². The molecule has 8 heteroatoms. The van der Waals surface area contributed by atoms with Gasteiger partial charge in [0.2, 0.25) is 0 Å². The van der Waals surface area contributed by atoms with Gasteiger partial charge in [0.1, 0.15) is 0 Å². The highest BCUT2D eigenvalue weighted by atomic mass is 35.5. The zero-order valence-electron chi connectivity index (χ0n) is 12.9. The minimum Gasteiger partial charge on any atom is -0.419 e. The van der Waals surface area contributed by atoms with Gasteiger partial charge in [-0.2, -0.15) is 0 Å². The molecule has 0 unspecified atom stereocenters. The molecule has 7 nitrogen and oxygen atoms in total. The Morgan fingerprint density at radius 1 is 1.25 bits per heavy atom. The third-order valence-corrected chi connectivity index (χ3v) is 3.47. The zero-order chi connectivity index (χ0) is 17.3. The van der Waals surface area contributed by atoms with Crippen molar-refractivity contribution in [3.05, 3.63) is 53.7 Å². The Balaban J connectivity index is 1.91. The fourth-order valence-electron chi connectivity index (χ4n) is 2.18. The summed E-state index contributed by atoms with van der Waals surface area (Å²) >= 11 is 6.03. The van der Waals surface area contributed by atoms with Gasteiger partial charge in [-0.1, -0.05) is 11.6 Å². The van der Waals surface area contributed by atoms with E-state index in [1.165, 1.54) is 20.0 Å². The number of halogens is 1. The second-order valence-corrected chi connectivity index (χ2v) is 5.95. The summed E-state index contributed by atoms with van der Waals surface area (Å²) in [6, 6.07) is 5.17. The number of anilines is 1. The maximum absolute atomic E-state index is 11.9. The molecule has 1 aromatic carbocycles. The van der Waals surface area contributed by atoms with Crippen molar-refractivity contribution >= 4 is 29.2 Å². The molecule has 1 saturated heterocycles. The molecule has 1 N–H and O–H groups in total. The summed E-state index contributed by atoms with van der Waals surface area (Å²) < 4.78 is 11.8. The molecule has 1 aromatic heterocycles. The van der Waals surface area contributed by atoms with E-state index in [2.05, 4.69) is 10.3 Å². The van der Waals surface area contributed by atoms with Crippen molar-refractivity contribution in [2.24, 2.45) is 0 Å². The van der Waals surface area contributed by atoms with E-state index in [0.29, 0.717) is 10.7 Å². The Morgan fingerprint density at radius 2 is 1.96 bits per heavy atom. The van der Waals surface area contributed by atoms with Gasteiger partial charge in [-0.25, -0.2) is 14.6 Å². The summed E-state index contributed by atoms with van der Waals surface area (Å²) in [6.07, 6.45) is 6.25. The minimum atomic E-state index is -1.27. The first-order valence-electron chi connectivity index (χ1n) is 7.07. The zero-order valence-corrected chi connectivity index (χ0v) is 13.7. The molecule has 2 heterocycles. The highest BCUT2D eigenvalue weighted by molar-refractivity contribution is 6.31. The summed E-state index contributed by atoms with van der Waals surface area (Å²) in [5.74, 6) is -2.78. The quantitative estimate of drug-likeness (QED) is 0.522. The lowest BCUT2D eigenvalue weighted by molar-refractivity contribution is -0.222. The van der Waals surface area contributed by atoms with E-state index in [0.717, 1.165) is 5.69 Å². The number of esters is 2. The summed E-state index contributed by atoms with van der Waals surface area (Å²) in [5.41, 5.74) is 1.09. The molecule has 0 saturated carbocycles. The van der Waals surface area contributed by atoms with Crippen LogP contribution in [0.5, 0.6) is 0 Å². The lowest BCUT2D eigenvalue weighted by Gasteiger charge is -2.29. The smallest absolute Gasteiger partial charge is 0.350 e. The van der Waals surface area contributed by atoms with E-state index in [4.69, 9.17) is 21.1 Å². The Morgan fingerprint density at radius 3 is 2.58 bits per heavy atom. The fourth-order valence-corrected chi connectivity index (χ4v) is 2.35. The van der Waals surface area contributed by atoms with Crippen LogP contribution in [0.1, 0.15) is 13.8 Å². The predicted octanol–water partition coefficient (Wildman–Crippen LogP) is 2.66. The van der Waals surface area contributed by atoms with E-state index >= 15 is 0 Å². The Labute approximate surface area is 142 Å². The van der Waals surface area contributed by atoms with Gasteiger partial charge in [0.25, 0.3) is 5.79 Å². The van der Waals surface area contributed by atoms with Crippen LogP contribution in [0.15, 0.2) is 48.7 Å². The largest absolute Gasteiger partial charge is 0.419 e. The number of cyclic esters (lactones) is 2. The second-order valence-electron chi connectivity index (χ2n) is 5.51. The van der Waals surface area contributed by atoms with E-state index in [9.17, 15) is 9.59 Å². The lowest BCUT2D eigenvalue weighted by Crippen LogP contribution is -2.42. The van der Waals surface area contributed by atoms with Crippen LogP contribution in [0.25, 0.3) is 5.69 Å². The summed E-state index contributed by atoms with van der Waals surface area (Å²) in [4.78, 5) is 27.9. The van der Waals surface area contributed by atoms with Crippen molar-refractivity contribution < 1.29 is 19.1 Å². The number of nitrogens with zero attached hydrogens (tertiary/aromatic N) is 2. The van der Waals surface area contributed by atoms with Crippen LogP contribution in [0.2, 0.25) is 5.02 Å². The van der Waals surface area contributed by atoms with Crippen LogP contribution in [0.4, 0.5) is 5.69 Å². The number of carbonyl (C=O) groups is 2. The van der Waals surface area contributed by atoms with Gasteiger partial charge < -0.3 is 19.4 Å². The standard InChI is InChI=1S/C16H14ClN3O4/c1-16(2)23-14(21)11(15(22)24-16)8-19-12-7-10(17)3-4-13(12)20-6-5-18-9-20/h3-9,19H,1-2H3. The van der Waals surface area contributed by atoms with Gasteiger partial charge in [-0.15, -0.1) is 0 Å². The summed E-state index contributed by atoms with van der Waals surface area (Å²) in [5, 5.41) is 3.40. The third-order valence-electron chi connectivity index (χ3n) is 3.23. The molecule has 1 aliphatic heterocycles. The van der Waals surface area contributed by atoms with Crippen molar-refractivity contribution in [3.63, 3.8) is 0 Å². The van der Waals surface area contributed by atoms with E-state index in [1.807, 2.05) is 0 Å². The number of hydrogen-bond acceptors (Lipinski definition) is 6. The maximum Gasteiger partial charge on any atom is 0.350 e. The van der Waals surface area contributed by atoms with E-state index in [1.54, 1.807) is 41.5 Å². The number of nitrogens with one attached hydrogen (secondary N) is 1. The number of imidazole rings is 1. The normalized spacial score (nSPS) is 16.4.